The predicted molar refractivity (Wildman–Crippen MR) is 133 cm³/mol. The van der Waals surface area contributed by atoms with Crippen LogP contribution in [0.25, 0.3) is 11.1 Å². The lowest BCUT2D eigenvalue weighted by molar-refractivity contribution is 0.102. The summed E-state index contributed by atoms with van der Waals surface area (Å²) in [6, 6.07) is 29.6. The molecule has 0 aliphatic heterocycles. The van der Waals surface area contributed by atoms with E-state index in [9.17, 15) is 4.79 Å². The fourth-order valence-electron chi connectivity index (χ4n) is 3.63. The molecule has 0 aliphatic carbocycles. The van der Waals surface area contributed by atoms with Gasteiger partial charge in [-0.25, -0.2) is 0 Å². The van der Waals surface area contributed by atoms with Crippen molar-refractivity contribution in [2.45, 2.75) is 20.5 Å². The molecule has 4 aromatic rings. The molecule has 1 N–H and O–H groups in total. The Hall–Kier alpha value is -4.05. The van der Waals surface area contributed by atoms with Gasteiger partial charge in [-0.1, -0.05) is 54.6 Å². The number of rotatable bonds is 7. The average molecular weight is 438 g/mol. The molecule has 0 spiro atoms. The van der Waals surface area contributed by atoms with Crippen LogP contribution in [-0.4, -0.2) is 13.0 Å². The number of carbonyl (C=O) groups excluding carboxylic acids is 1. The lowest BCUT2D eigenvalue weighted by Crippen LogP contribution is -2.13. The zero-order valence-corrected chi connectivity index (χ0v) is 19.1. The van der Waals surface area contributed by atoms with Gasteiger partial charge in [0.25, 0.3) is 5.91 Å². The summed E-state index contributed by atoms with van der Waals surface area (Å²) in [6.45, 7) is 4.27. The van der Waals surface area contributed by atoms with Crippen molar-refractivity contribution in [3.8, 4) is 22.6 Å². The van der Waals surface area contributed by atoms with E-state index in [0.29, 0.717) is 17.9 Å². The van der Waals surface area contributed by atoms with Crippen LogP contribution in [0.3, 0.4) is 0 Å². The molecule has 0 saturated heterocycles. The van der Waals surface area contributed by atoms with Crippen molar-refractivity contribution in [2.75, 3.05) is 12.4 Å². The molecule has 0 aromatic heterocycles. The number of nitrogens with one attached hydrogen (secondary N) is 1. The maximum Gasteiger partial charge on any atom is 0.255 e. The number of ether oxygens (including phenoxy) is 2. The second-order valence-electron chi connectivity index (χ2n) is 7.98. The Kier molecular flexibility index (Phi) is 6.75. The highest BCUT2D eigenvalue weighted by atomic mass is 16.5. The maximum absolute atomic E-state index is 12.9. The van der Waals surface area contributed by atoms with E-state index in [-0.39, 0.29) is 5.91 Å². The molecule has 4 nitrogen and oxygen atoms in total. The van der Waals surface area contributed by atoms with Gasteiger partial charge in [0.05, 0.1) is 7.11 Å². The summed E-state index contributed by atoms with van der Waals surface area (Å²) in [5, 5.41) is 3.01. The molecule has 0 atom stereocenters. The van der Waals surface area contributed by atoms with Crippen molar-refractivity contribution < 1.29 is 14.3 Å². The van der Waals surface area contributed by atoms with Crippen molar-refractivity contribution in [2.24, 2.45) is 0 Å². The first-order valence-corrected chi connectivity index (χ1v) is 10.9. The van der Waals surface area contributed by atoms with Crippen molar-refractivity contribution in [3.05, 3.63) is 113 Å². The lowest BCUT2D eigenvalue weighted by Gasteiger charge is -2.14. The predicted octanol–water partition coefficient (Wildman–Crippen LogP) is 6.81. The van der Waals surface area contributed by atoms with Gasteiger partial charge < -0.3 is 14.8 Å². The fraction of sp³-hybridized carbons (Fsp3) is 0.138. The molecule has 0 saturated carbocycles. The van der Waals surface area contributed by atoms with Crippen LogP contribution in [0.5, 0.6) is 11.5 Å². The average Bonchev–Trinajstić information content (AvgIpc) is 2.85. The maximum atomic E-state index is 12.9. The highest BCUT2D eigenvalue weighted by Gasteiger charge is 2.12. The van der Waals surface area contributed by atoms with Crippen LogP contribution in [0.2, 0.25) is 0 Å². The van der Waals surface area contributed by atoms with Crippen molar-refractivity contribution >= 4 is 11.6 Å². The molecule has 1 amide bonds. The zero-order valence-electron chi connectivity index (χ0n) is 19.1. The molecule has 0 heterocycles. The summed E-state index contributed by atoms with van der Waals surface area (Å²) in [7, 11) is 1.61. The Morgan fingerprint density at radius 2 is 1.55 bits per heavy atom. The largest absolute Gasteiger partial charge is 0.496 e. The monoisotopic (exact) mass is 437 g/mol. The number of benzene rings is 4. The third kappa shape index (κ3) is 5.42. The van der Waals surface area contributed by atoms with Crippen LogP contribution >= 0.6 is 0 Å². The van der Waals surface area contributed by atoms with Gasteiger partial charge in [0.2, 0.25) is 0 Å². The lowest BCUT2D eigenvalue weighted by atomic mass is 10.1. The summed E-state index contributed by atoms with van der Waals surface area (Å²) in [4.78, 5) is 12.9. The molecule has 0 fully saturated rings. The van der Waals surface area contributed by atoms with E-state index in [2.05, 4.69) is 17.4 Å². The smallest absolute Gasteiger partial charge is 0.255 e. The van der Waals surface area contributed by atoms with E-state index in [1.165, 1.54) is 0 Å². The van der Waals surface area contributed by atoms with Crippen LogP contribution in [0, 0.1) is 13.8 Å². The third-order valence-corrected chi connectivity index (χ3v) is 5.54. The molecule has 33 heavy (non-hydrogen) atoms. The van der Waals surface area contributed by atoms with Gasteiger partial charge in [-0.3, -0.25) is 4.79 Å². The number of methoxy groups -OCH3 is 1. The van der Waals surface area contributed by atoms with Crippen LogP contribution in [0.15, 0.2) is 91.0 Å². The number of carbonyl (C=O) groups is 1. The van der Waals surface area contributed by atoms with E-state index in [0.717, 1.165) is 39.3 Å². The first-order chi connectivity index (χ1) is 16.0. The molecule has 4 heteroatoms. The summed E-state index contributed by atoms with van der Waals surface area (Å²) in [6.07, 6.45) is 0. The SMILES string of the molecule is COc1ccc(C(=O)Nc2cc(C)ccc2C)cc1COc1ccc(-c2ccccc2)cc1. The molecule has 0 aliphatic rings. The first-order valence-electron chi connectivity index (χ1n) is 10.9. The van der Waals surface area contributed by atoms with Gasteiger partial charge in [-0.05, 0) is 72.5 Å². The van der Waals surface area contributed by atoms with Gasteiger partial charge in [-0.15, -0.1) is 0 Å². The Balaban J connectivity index is 1.48. The zero-order chi connectivity index (χ0) is 23.2. The molecular formula is C29H27NO3. The Morgan fingerprint density at radius 1 is 0.818 bits per heavy atom. The Bertz CT molecular complexity index is 1250. The van der Waals surface area contributed by atoms with Gasteiger partial charge in [-0.2, -0.15) is 0 Å². The van der Waals surface area contributed by atoms with E-state index < -0.39 is 0 Å². The van der Waals surface area contributed by atoms with Crippen molar-refractivity contribution in [1.82, 2.24) is 0 Å². The van der Waals surface area contributed by atoms with Crippen molar-refractivity contribution in [3.63, 3.8) is 0 Å². The number of hydrogen-bond acceptors (Lipinski definition) is 3. The summed E-state index contributed by atoms with van der Waals surface area (Å²) < 4.78 is 11.5. The van der Waals surface area contributed by atoms with Gasteiger partial charge in [0.15, 0.2) is 0 Å². The number of amides is 1. The molecule has 166 valence electrons. The second kappa shape index (κ2) is 10.0. The van der Waals surface area contributed by atoms with Crippen LogP contribution in [-0.2, 0) is 6.61 Å². The Labute approximate surface area is 194 Å². The van der Waals surface area contributed by atoms with E-state index in [4.69, 9.17) is 9.47 Å². The van der Waals surface area contributed by atoms with Crippen molar-refractivity contribution in [1.29, 1.82) is 0 Å². The second-order valence-corrected chi connectivity index (χ2v) is 7.98. The van der Waals surface area contributed by atoms with Gasteiger partial charge >= 0.3 is 0 Å². The topological polar surface area (TPSA) is 47.6 Å². The molecule has 0 bridgehead atoms. The molecular weight excluding hydrogens is 410 g/mol. The normalized spacial score (nSPS) is 10.5. The minimum Gasteiger partial charge on any atom is -0.496 e. The van der Waals surface area contributed by atoms with E-state index in [1.54, 1.807) is 19.2 Å². The number of hydrogen-bond donors (Lipinski definition) is 1. The highest BCUT2D eigenvalue weighted by Crippen LogP contribution is 2.26. The minimum atomic E-state index is -0.167. The third-order valence-electron chi connectivity index (χ3n) is 5.54. The quantitative estimate of drug-likeness (QED) is 0.345. The van der Waals surface area contributed by atoms with Gasteiger partial charge in [0.1, 0.15) is 18.1 Å². The first kappa shape index (κ1) is 22.2. The Morgan fingerprint density at radius 3 is 2.27 bits per heavy atom. The molecule has 0 unspecified atom stereocenters. The summed E-state index contributed by atoms with van der Waals surface area (Å²) in [5.74, 6) is 1.26. The standard InChI is InChI=1S/C29H27NO3/c1-20-9-10-21(2)27(17-20)30-29(31)24-13-16-28(32-3)25(18-24)19-33-26-14-11-23(12-15-26)22-7-5-4-6-8-22/h4-18H,19H2,1-3H3,(H,30,31). The highest BCUT2D eigenvalue weighted by molar-refractivity contribution is 6.04. The van der Waals surface area contributed by atoms with E-state index >= 15 is 0 Å². The fourth-order valence-corrected chi connectivity index (χ4v) is 3.63. The van der Waals surface area contributed by atoms with Crippen LogP contribution in [0.4, 0.5) is 5.69 Å². The number of aryl methyl sites for hydroxylation is 2. The molecule has 4 rings (SSSR count). The summed E-state index contributed by atoms with van der Waals surface area (Å²) >= 11 is 0. The minimum absolute atomic E-state index is 0.167. The number of anilines is 1. The molecule has 4 aromatic carbocycles. The van der Waals surface area contributed by atoms with Crippen LogP contribution in [0.1, 0.15) is 27.0 Å². The van der Waals surface area contributed by atoms with Gasteiger partial charge in [0, 0.05) is 16.8 Å². The summed E-state index contributed by atoms with van der Waals surface area (Å²) in [5.41, 5.74) is 6.57. The van der Waals surface area contributed by atoms with E-state index in [1.807, 2.05) is 80.6 Å². The van der Waals surface area contributed by atoms with Crippen LogP contribution < -0.4 is 14.8 Å². The molecule has 0 radical (unpaired) electrons.